The number of rotatable bonds is 27. The number of allylic oxidation sites excluding steroid dienone is 4. The Morgan fingerprint density at radius 1 is 0.609 bits per heavy atom. The zero-order valence-electron chi connectivity index (χ0n) is 41.4. The van der Waals surface area contributed by atoms with Crippen LogP contribution in [0.1, 0.15) is 90.2 Å². The van der Waals surface area contributed by atoms with E-state index < -0.39 is 0 Å². The normalized spacial score (nSPS) is 15.7. The molecule has 64 heavy (non-hydrogen) atoms. The number of benzene rings is 2. The molecular weight excluding hydrogens is 805 g/mol. The Labute approximate surface area is 385 Å². The molecule has 2 saturated heterocycles. The third kappa shape index (κ3) is 15.8. The minimum Gasteiger partial charge on any atom is -0.507 e. The van der Waals surface area contributed by atoms with Gasteiger partial charge in [0, 0.05) is 75.6 Å². The molecule has 1 aromatic heterocycles. The fourth-order valence-electron chi connectivity index (χ4n) is 8.91. The van der Waals surface area contributed by atoms with Crippen molar-refractivity contribution in [2.45, 2.75) is 91.9 Å². The first kappa shape index (κ1) is 51.3. The van der Waals surface area contributed by atoms with Crippen LogP contribution in [0.3, 0.4) is 0 Å². The third-order valence-corrected chi connectivity index (χ3v) is 12.8. The van der Waals surface area contributed by atoms with E-state index in [-0.39, 0.29) is 16.6 Å². The Morgan fingerprint density at radius 2 is 1.02 bits per heavy atom. The highest BCUT2D eigenvalue weighted by Gasteiger charge is 2.25. The van der Waals surface area contributed by atoms with E-state index in [1.165, 1.54) is 38.8 Å². The Balaban J connectivity index is 1.26. The van der Waals surface area contributed by atoms with Crippen molar-refractivity contribution in [3.05, 3.63) is 56.8 Å². The van der Waals surface area contributed by atoms with Gasteiger partial charge in [-0.3, -0.25) is 4.79 Å². The molecule has 12 nitrogen and oxygen atoms in total. The molecule has 0 unspecified atom stereocenters. The summed E-state index contributed by atoms with van der Waals surface area (Å²) >= 11 is 0. The Bertz CT molecular complexity index is 2000. The summed E-state index contributed by atoms with van der Waals surface area (Å²) in [6.07, 6.45) is 13.9. The first-order chi connectivity index (χ1) is 30.8. The van der Waals surface area contributed by atoms with E-state index in [1.54, 1.807) is 19.2 Å². The predicted molar refractivity (Wildman–Crippen MR) is 265 cm³/mol. The van der Waals surface area contributed by atoms with E-state index in [0.29, 0.717) is 71.0 Å². The van der Waals surface area contributed by atoms with Crippen molar-refractivity contribution >= 4 is 21.9 Å². The van der Waals surface area contributed by atoms with E-state index in [4.69, 9.17) is 18.6 Å². The Morgan fingerprint density at radius 3 is 1.45 bits per heavy atom. The van der Waals surface area contributed by atoms with Crippen LogP contribution in [0.4, 0.5) is 0 Å². The molecule has 3 aromatic rings. The molecule has 358 valence electrons. The number of piperazine rings is 2. The van der Waals surface area contributed by atoms with Gasteiger partial charge in [-0.05, 0) is 159 Å². The summed E-state index contributed by atoms with van der Waals surface area (Å²) in [5.74, 6) is 1.54. The number of nitrogens with zero attached hydrogens (tertiary/aromatic N) is 6. The molecule has 2 aromatic carbocycles. The quantitative estimate of drug-likeness (QED) is 0.0458. The first-order valence-corrected chi connectivity index (χ1v) is 24.4. The highest BCUT2D eigenvalue weighted by atomic mass is 16.5. The second kappa shape index (κ2) is 26.5. The van der Waals surface area contributed by atoms with Crippen LogP contribution in [-0.2, 0) is 12.8 Å². The van der Waals surface area contributed by atoms with Crippen molar-refractivity contribution in [1.82, 2.24) is 29.4 Å². The molecule has 2 aliphatic rings. The SMILES string of the molecule is COc1c(OCCCCN2CCN(CCCCN(C)C)CC2)cc2oc3cc(OCCCCN4CCN(CCCCN(C)C)CC4)c(CC=C(C)C)c(O)c3c(=O)c2c1CC=C(C)C. The van der Waals surface area contributed by atoms with Crippen LogP contribution in [-0.4, -0.2) is 175 Å². The third-order valence-electron chi connectivity index (χ3n) is 12.8. The molecule has 3 heterocycles. The van der Waals surface area contributed by atoms with Gasteiger partial charge in [-0.15, -0.1) is 0 Å². The molecule has 2 fully saturated rings. The first-order valence-electron chi connectivity index (χ1n) is 24.4. The maximum atomic E-state index is 14.7. The number of hydrogen-bond acceptors (Lipinski definition) is 12. The molecule has 0 atom stereocenters. The van der Waals surface area contributed by atoms with E-state index in [2.05, 4.69) is 69.7 Å². The number of methoxy groups -OCH3 is 1. The fourth-order valence-corrected chi connectivity index (χ4v) is 8.91. The topological polar surface area (TPSA) is 97.6 Å². The van der Waals surface area contributed by atoms with Crippen LogP contribution in [0, 0.1) is 0 Å². The molecule has 2 aliphatic heterocycles. The van der Waals surface area contributed by atoms with Gasteiger partial charge in [0.1, 0.15) is 28.1 Å². The monoisotopic (exact) mass is 889 g/mol. The van der Waals surface area contributed by atoms with E-state index in [0.717, 1.165) is 115 Å². The van der Waals surface area contributed by atoms with Crippen molar-refractivity contribution in [3.8, 4) is 23.0 Å². The highest BCUT2D eigenvalue weighted by Crippen LogP contribution is 2.42. The highest BCUT2D eigenvalue weighted by molar-refractivity contribution is 5.98. The van der Waals surface area contributed by atoms with Crippen LogP contribution in [0.25, 0.3) is 21.9 Å². The van der Waals surface area contributed by atoms with Gasteiger partial charge >= 0.3 is 0 Å². The van der Waals surface area contributed by atoms with Gasteiger partial charge in [0.2, 0.25) is 5.43 Å². The Kier molecular flexibility index (Phi) is 21.2. The van der Waals surface area contributed by atoms with E-state index in [1.807, 2.05) is 27.7 Å². The van der Waals surface area contributed by atoms with Crippen molar-refractivity contribution in [3.63, 3.8) is 0 Å². The lowest BCUT2D eigenvalue weighted by Gasteiger charge is -2.34. The van der Waals surface area contributed by atoms with E-state index in [9.17, 15) is 9.90 Å². The summed E-state index contributed by atoms with van der Waals surface area (Å²) < 4.78 is 25.5. The van der Waals surface area contributed by atoms with Crippen molar-refractivity contribution < 1.29 is 23.7 Å². The van der Waals surface area contributed by atoms with Gasteiger partial charge in [-0.25, -0.2) is 0 Å². The molecule has 0 bridgehead atoms. The van der Waals surface area contributed by atoms with Gasteiger partial charge in [-0.1, -0.05) is 23.3 Å². The van der Waals surface area contributed by atoms with Crippen LogP contribution >= 0.6 is 0 Å². The van der Waals surface area contributed by atoms with Crippen LogP contribution in [0.15, 0.2) is 44.6 Å². The number of fused-ring (bicyclic) bond motifs is 2. The zero-order valence-corrected chi connectivity index (χ0v) is 41.4. The van der Waals surface area contributed by atoms with Crippen LogP contribution in [0.2, 0.25) is 0 Å². The number of ether oxygens (including phenoxy) is 3. The molecular formula is C52H84N6O6. The molecule has 12 heteroatoms. The summed E-state index contributed by atoms with van der Waals surface area (Å²) in [7, 11) is 10.2. The maximum absolute atomic E-state index is 14.7. The van der Waals surface area contributed by atoms with Crippen molar-refractivity contribution in [2.75, 3.05) is 140 Å². The molecule has 0 spiro atoms. The van der Waals surface area contributed by atoms with Gasteiger partial charge in [0.05, 0.1) is 25.7 Å². The summed E-state index contributed by atoms with van der Waals surface area (Å²) in [6.45, 7) is 25.0. The maximum Gasteiger partial charge on any atom is 0.204 e. The second-order valence-electron chi connectivity index (χ2n) is 19.2. The number of phenols is 1. The average Bonchev–Trinajstić information content (AvgIpc) is 3.25. The molecule has 1 N–H and O–H groups in total. The molecule has 0 saturated carbocycles. The summed E-state index contributed by atoms with van der Waals surface area (Å²) in [5, 5.41) is 12.5. The smallest absolute Gasteiger partial charge is 0.204 e. The fraction of sp³-hybridized carbons (Fsp3) is 0.673. The van der Waals surface area contributed by atoms with Crippen LogP contribution in [0.5, 0.6) is 23.0 Å². The van der Waals surface area contributed by atoms with Gasteiger partial charge in [0.25, 0.3) is 0 Å². The number of hydrogen-bond donors (Lipinski definition) is 1. The number of phenolic OH excluding ortho intramolecular Hbond substituents is 1. The molecule has 0 amide bonds. The summed E-state index contributed by atoms with van der Waals surface area (Å²) in [4.78, 5) is 29.5. The average molecular weight is 889 g/mol. The number of aromatic hydroxyl groups is 1. The van der Waals surface area contributed by atoms with Gasteiger partial charge < -0.3 is 53.1 Å². The minimum absolute atomic E-state index is 0.0888. The van der Waals surface area contributed by atoms with Crippen molar-refractivity contribution in [1.29, 1.82) is 0 Å². The molecule has 0 aliphatic carbocycles. The number of unbranched alkanes of at least 4 members (excludes halogenated alkanes) is 4. The second-order valence-corrected chi connectivity index (χ2v) is 19.2. The lowest BCUT2D eigenvalue weighted by Crippen LogP contribution is -2.46. The van der Waals surface area contributed by atoms with Crippen molar-refractivity contribution in [2.24, 2.45) is 0 Å². The lowest BCUT2D eigenvalue weighted by molar-refractivity contribution is 0.127. The van der Waals surface area contributed by atoms with Crippen LogP contribution < -0.4 is 19.6 Å². The van der Waals surface area contributed by atoms with Gasteiger partial charge in [-0.2, -0.15) is 0 Å². The minimum atomic E-state index is -0.289. The largest absolute Gasteiger partial charge is 0.507 e. The molecule has 0 radical (unpaired) electrons. The standard InChI is InChI=1S/C52H84N6O6/c1-40(2)18-20-42-44(62-36-16-14-26-57-32-28-55(29-33-57)24-12-10-22-53(5)6)38-46-49(50(42)59)51(60)48-43(21-19-41(3)4)52(61-9)47(39-45(48)64-46)63-37-17-15-27-58-34-30-56(31-35-58)25-13-11-23-54(7)8/h18-19,38-39,59H,10-17,20-37H2,1-9H3. The zero-order chi connectivity index (χ0) is 46.0. The predicted octanol–water partition coefficient (Wildman–Crippen LogP) is 7.91. The Hall–Kier alpha value is -3.65. The lowest BCUT2D eigenvalue weighted by atomic mass is 9.98. The van der Waals surface area contributed by atoms with E-state index >= 15 is 0 Å². The molecule has 5 rings (SSSR count). The van der Waals surface area contributed by atoms with Gasteiger partial charge in [0.15, 0.2) is 11.5 Å². The summed E-state index contributed by atoms with van der Waals surface area (Å²) in [6, 6.07) is 3.59. The summed E-state index contributed by atoms with van der Waals surface area (Å²) in [5.41, 5.74) is 3.93.